The Kier molecular flexibility index (Phi) is 3.49. The first-order chi connectivity index (χ1) is 8.06. The van der Waals surface area contributed by atoms with Crippen LogP contribution in [0.4, 0.5) is 17.5 Å². The number of hydrogen-bond acceptors (Lipinski definition) is 4. The van der Waals surface area contributed by atoms with Crippen LogP contribution in [0.15, 0.2) is 28.9 Å². The molecular weight excluding hydrogens is 304 g/mol. The molecule has 0 radical (unpaired) electrons. The molecule has 3 N–H and O–H groups in total. The Balaban J connectivity index is 2.37. The first-order valence-electron chi connectivity index (χ1n) is 4.87. The fraction of sp³-hybridized carbons (Fsp3) is 0.0909. The van der Waals surface area contributed by atoms with Crippen LogP contribution in [0.25, 0.3) is 0 Å². The van der Waals surface area contributed by atoms with Crippen molar-refractivity contribution in [2.24, 2.45) is 0 Å². The van der Waals surface area contributed by atoms with Gasteiger partial charge in [0.1, 0.15) is 5.82 Å². The van der Waals surface area contributed by atoms with Crippen LogP contribution in [-0.4, -0.2) is 9.97 Å². The first kappa shape index (κ1) is 12.1. The third-order valence-corrected chi connectivity index (χ3v) is 2.99. The van der Waals surface area contributed by atoms with E-state index in [9.17, 15) is 0 Å². The van der Waals surface area contributed by atoms with E-state index in [4.69, 9.17) is 17.3 Å². The number of rotatable bonds is 2. The van der Waals surface area contributed by atoms with Gasteiger partial charge in [-0.25, -0.2) is 4.98 Å². The largest absolute Gasteiger partial charge is 0.368 e. The van der Waals surface area contributed by atoms with Gasteiger partial charge in [0, 0.05) is 16.2 Å². The number of aryl methyl sites for hydroxylation is 1. The summed E-state index contributed by atoms with van der Waals surface area (Å²) in [6, 6.07) is 5.54. The van der Waals surface area contributed by atoms with Crippen molar-refractivity contribution >= 4 is 45.0 Å². The molecule has 1 aromatic heterocycles. The Morgan fingerprint density at radius 2 is 2.18 bits per heavy atom. The number of aromatic nitrogens is 2. The van der Waals surface area contributed by atoms with Crippen molar-refractivity contribution in [3.05, 3.63) is 39.5 Å². The molecular formula is C11H10BrClN4. The summed E-state index contributed by atoms with van der Waals surface area (Å²) in [5.74, 6) is 0.877. The van der Waals surface area contributed by atoms with Crippen molar-refractivity contribution in [2.75, 3.05) is 11.1 Å². The molecule has 1 heterocycles. The molecule has 0 amide bonds. The predicted octanol–water partition coefficient (Wildman–Crippen LogP) is 3.53. The molecule has 17 heavy (non-hydrogen) atoms. The monoisotopic (exact) mass is 312 g/mol. The molecule has 0 fully saturated rings. The minimum Gasteiger partial charge on any atom is -0.368 e. The number of nitrogens with zero attached hydrogens (tertiary/aromatic N) is 2. The Morgan fingerprint density at radius 1 is 1.41 bits per heavy atom. The highest BCUT2D eigenvalue weighted by atomic mass is 79.9. The summed E-state index contributed by atoms with van der Waals surface area (Å²) >= 11 is 9.47. The minimum atomic E-state index is 0.226. The topological polar surface area (TPSA) is 63.8 Å². The summed E-state index contributed by atoms with van der Waals surface area (Å²) in [4.78, 5) is 8.03. The summed E-state index contributed by atoms with van der Waals surface area (Å²) < 4.78 is 0.934. The Labute approximate surface area is 112 Å². The molecule has 0 unspecified atom stereocenters. The summed E-state index contributed by atoms with van der Waals surface area (Å²) in [5.41, 5.74) is 7.21. The summed E-state index contributed by atoms with van der Waals surface area (Å²) in [5, 5.41) is 3.74. The van der Waals surface area contributed by atoms with Crippen LogP contribution in [0.3, 0.4) is 0 Å². The van der Waals surface area contributed by atoms with Gasteiger partial charge in [-0.05, 0) is 25.1 Å². The zero-order valence-electron chi connectivity index (χ0n) is 9.04. The second kappa shape index (κ2) is 4.89. The number of anilines is 3. The number of nitrogens with two attached hydrogens (primary N) is 1. The van der Waals surface area contributed by atoms with Crippen molar-refractivity contribution < 1.29 is 0 Å². The second-order valence-electron chi connectivity index (χ2n) is 3.51. The highest BCUT2D eigenvalue weighted by molar-refractivity contribution is 9.10. The highest BCUT2D eigenvalue weighted by Gasteiger charge is 2.06. The third-order valence-electron chi connectivity index (χ3n) is 2.17. The molecule has 0 aliphatic rings. The molecule has 0 saturated carbocycles. The van der Waals surface area contributed by atoms with E-state index >= 15 is 0 Å². The second-order valence-corrected chi connectivity index (χ2v) is 4.83. The lowest BCUT2D eigenvalue weighted by atomic mass is 10.3. The minimum absolute atomic E-state index is 0.226. The van der Waals surface area contributed by atoms with Gasteiger partial charge < -0.3 is 11.1 Å². The van der Waals surface area contributed by atoms with Crippen molar-refractivity contribution in [1.29, 1.82) is 0 Å². The van der Waals surface area contributed by atoms with Gasteiger partial charge in [0.25, 0.3) is 0 Å². The average molecular weight is 314 g/mol. The molecule has 88 valence electrons. The molecule has 2 aromatic rings. The van der Waals surface area contributed by atoms with E-state index in [1.54, 1.807) is 12.3 Å². The number of nitrogens with one attached hydrogen (secondary N) is 1. The summed E-state index contributed by atoms with van der Waals surface area (Å²) in [6.07, 6.45) is 1.66. The molecule has 0 spiro atoms. The standard InChI is InChI=1S/C11H10BrClN4/c1-6-5-15-11(14)17-10(6)16-9-4-7(12)2-3-8(9)13/h2-5H,1H3,(H3,14,15,16,17). The van der Waals surface area contributed by atoms with Gasteiger partial charge in [0.15, 0.2) is 0 Å². The third kappa shape index (κ3) is 2.87. The Morgan fingerprint density at radius 3 is 2.94 bits per heavy atom. The Hall–Kier alpha value is -1.33. The van der Waals surface area contributed by atoms with Gasteiger partial charge in [0.05, 0.1) is 10.7 Å². The highest BCUT2D eigenvalue weighted by Crippen LogP contribution is 2.28. The molecule has 4 nitrogen and oxygen atoms in total. The molecule has 0 bridgehead atoms. The van der Waals surface area contributed by atoms with E-state index in [0.29, 0.717) is 10.8 Å². The van der Waals surface area contributed by atoms with E-state index in [0.717, 1.165) is 15.7 Å². The molecule has 0 aliphatic carbocycles. The normalized spacial score (nSPS) is 10.3. The van der Waals surface area contributed by atoms with Gasteiger partial charge in [-0.3, -0.25) is 0 Å². The maximum absolute atomic E-state index is 6.08. The zero-order valence-corrected chi connectivity index (χ0v) is 11.4. The lowest BCUT2D eigenvalue weighted by molar-refractivity contribution is 1.15. The maximum Gasteiger partial charge on any atom is 0.221 e. The molecule has 0 atom stereocenters. The van der Waals surface area contributed by atoms with Crippen LogP contribution in [0.2, 0.25) is 5.02 Å². The molecule has 0 saturated heterocycles. The zero-order chi connectivity index (χ0) is 12.4. The smallest absolute Gasteiger partial charge is 0.221 e. The number of hydrogen-bond donors (Lipinski definition) is 2. The van der Waals surface area contributed by atoms with Crippen molar-refractivity contribution in [2.45, 2.75) is 6.92 Å². The summed E-state index contributed by atoms with van der Waals surface area (Å²) in [6.45, 7) is 1.90. The lowest BCUT2D eigenvalue weighted by Gasteiger charge is -2.10. The SMILES string of the molecule is Cc1cnc(N)nc1Nc1cc(Br)ccc1Cl. The van der Waals surface area contributed by atoms with E-state index < -0.39 is 0 Å². The number of benzene rings is 1. The average Bonchev–Trinajstić information content (AvgIpc) is 2.28. The number of nitrogen functional groups attached to an aromatic ring is 1. The quantitative estimate of drug-likeness (QED) is 0.890. The van der Waals surface area contributed by atoms with Crippen molar-refractivity contribution in [3.8, 4) is 0 Å². The number of halogens is 2. The van der Waals surface area contributed by atoms with Gasteiger partial charge in [-0.1, -0.05) is 27.5 Å². The van der Waals surface area contributed by atoms with E-state index in [1.807, 2.05) is 19.1 Å². The fourth-order valence-electron chi connectivity index (χ4n) is 1.30. The molecule has 2 rings (SSSR count). The lowest BCUT2D eigenvalue weighted by Crippen LogP contribution is -2.02. The Bertz CT molecular complexity index is 510. The molecule has 6 heteroatoms. The van der Waals surface area contributed by atoms with Crippen LogP contribution in [-0.2, 0) is 0 Å². The van der Waals surface area contributed by atoms with E-state index in [-0.39, 0.29) is 5.95 Å². The fourth-order valence-corrected chi connectivity index (χ4v) is 1.83. The van der Waals surface area contributed by atoms with Gasteiger partial charge in [-0.2, -0.15) is 4.98 Å². The van der Waals surface area contributed by atoms with Crippen LogP contribution >= 0.6 is 27.5 Å². The molecule has 1 aromatic carbocycles. The van der Waals surface area contributed by atoms with Crippen molar-refractivity contribution in [3.63, 3.8) is 0 Å². The van der Waals surface area contributed by atoms with Crippen LogP contribution in [0.5, 0.6) is 0 Å². The van der Waals surface area contributed by atoms with E-state index in [2.05, 4.69) is 31.2 Å². The maximum atomic E-state index is 6.08. The van der Waals surface area contributed by atoms with Gasteiger partial charge in [0.2, 0.25) is 5.95 Å². The molecule has 0 aliphatic heterocycles. The van der Waals surface area contributed by atoms with Gasteiger partial charge >= 0.3 is 0 Å². The van der Waals surface area contributed by atoms with E-state index in [1.165, 1.54) is 0 Å². The van der Waals surface area contributed by atoms with Crippen molar-refractivity contribution in [1.82, 2.24) is 9.97 Å². The first-order valence-corrected chi connectivity index (χ1v) is 6.04. The van der Waals surface area contributed by atoms with Gasteiger partial charge in [-0.15, -0.1) is 0 Å². The predicted molar refractivity (Wildman–Crippen MR) is 73.6 cm³/mol. The van der Waals surface area contributed by atoms with Crippen LogP contribution in [0, 0.1) is 6.92 Å². The van der Waals surface area contributed by atoms with Crippen LogP contribution in [0.1, 0.15) is 5.56 Å². The van der Waals surface area contributed by atoms with Crippen LogP contribution < -0.4 is 11.1 Å². The summed E-state index contributed by atoms with van der Waals surface area (Å²) in [7, 11) is 0.